The minimum absolute atomic E-state index is 0.0180. The van der Waals surface area contributed by atoms with E-state index in [2.05, 4.69) is 30.4 Å². The fourth-order valence-corrected chi connectivity index (χ4v) is 3.95. The Hall–Kier alpha value is -2.47. The van der Waals surface area contributed by atoms with Gasteiger partial charge in [0.25, 0.3) is 0 Å². The van der Waals surface area contributed by atoms with Crippen LogP contribution in [0.15, 0.2) is 48.5 Å². The van der Waals surface area contributed by atoms with Gasteiger partial charge in [0.15, 0.2) is 0 Å². The van der Waals surface area contributed by atoms with Gasteiger partial charge in [0.05, 0.1) is 12.9 Å². The van der Waals surface area contributed by atoms with Gasteiger partial charge in [0, 0.05) is 18.3 Å². The van der Waals surface area contributed by atoms with Crippen LogP contribution >= 0.6 is 11.8 Å². The molecule has 2 aromatic rings. The van der Waals surface area contributed by atoms with E-state index in [4.69, 9.17) is 4.74 Å². The minimum atomic E-state index is -0.564. The van der Waals surface area contributed by atoms with Gasteiger partial charge in [-0.3, -0.25) is 9.59 Å². The lowest BCUT2D eigenvalue weighted by molar-refractivity contribution is -0.138. The fraction of sp³-hybridized carbons (Fsp3) is 0.417. The second-order valence-corrected chi connectivity index (χ2v) is 8.68. The Labute approximate surface area is 184 Å². The van der Waals surface area contributed by atoms with Gasteiger partial charge in [-0.25, -0.2) is 0 Å². The third-order valence-electron chi connectivity index (χ3n) is 4.66. The first-order valence-corrected chi connectivity index (χ1v) is 11.3. The summed E-state index contributed by atoms with van der Waals surface area (Å²) in [5.74, 6) is 1.60. The van der Waals surface area contributed by atoms with E-state index in [-0.39, 0.29) is 17.9 Å². The summed E-state index contributed by atoms with van der Waals surface area (Å²) in [5.41, 5.74) is 3.33. The van der Waals surface area contributed by atoms with Gasteiger partial charge in [-0.15, -0.1) is 11.8 Å². The zero-order valence-corrected chi connectivity index (χ0v) is 19.3. The number of hydrogen-bond donors (Lipinski definition) is 1. The molecule has 0 saturated heterocycles. The first-order valence-electron chi connectivity index (χ1n) is 10.2. The molecule has 0 aliphatic carbocycles. The quantitative estimate of drug-likeness (QED) is 0.617. The van der Waals surface area contributed by atoms with Gasteiger partial charge in [-0.1, -0.05) is 42.0 Å². The number of carbonyl (C=O) groups excluding carboxylic acids is 2. The molecule has 162 valence electrons. The lowest BCUT2D eigenvalue weighted by Crippen LogP contribution is -2.49. The van der Waals surface area contributed by atoms with E-state index in [0.717, 1.165) is 17.1 Å². The number of ether oxygens (including phenoxy) is 1. The number of hydrogen-bond acceptors (Lipinski definition) is 4. The summed E-state index contributed by atoms with van der Waals surface area (Å²) in [6.07, 6.45) is 0. The first kappa shape index (κ1) is 23.8. The molecule has 0 aromatic heterocycles. The summed E-state index contributed by atoms with van der Waals surface area (Å²) in [4.78, 5) is 27.3. The normalized spacial score (nSPS) is 11.8. The van der Waals surface area contributed by atoms with E-state index in [1.54, 1.807) is 30.7 Å². The summed E-state index contributed by atoms with van der Waals surface area (Å²) < 4.78 is 5.29. The van der Waals surface area contributed by atoms with Crippen molar-refractivity contribution in [3.8, 4) is 5.75 Å². The van der Waals surface area contributed by atoms with E-state index >= 15 is 0 Å². The Kier molecular flexibility index (Phi) is 9.24. The first-order chi connectivity index (χ1) is 14.3. The molecular formula is C24H32N2O3S. The van der Waals surface area contributed by atoms with Gasteiger partial charge >= 0.3 is 0 Å². The number of nitrogens with zero attached hydrogens (tertiary/aromatic N) is 1. The van der Waals surface area contributed by atoms with Crippen LogP contribution in [0.5, 0.6) is 5.75 Å². The number of nitrogens with one attached hydrogen (secondary N) is 1. The molecule has 0 saturated carbocycles. The standard InChI is InChI=1S/C24H32N2O3S/c1-17(2)25-24(28)19(4)26(14-20-9-7-11-22(13-20)29-5)23(27)16-30-15-21-10-6-8-18(3)12-21/h6-13,17,19H,14-16H2,1-5H3,(H,25,28). The van der Waals surface area contributed by atoms with E-state index in [0.29, 0.717) is 12.3 Å². The highest BCUT2D eigenvalue weighted by atomic mass is 32.2. The molecule has 0 aliphatic rings. The molecule has 0 heterocycles. The fourth-order valence-electron chi connectivity index (χ4n) is 3.10. The molecular weight excluding hydrogens is 396 g/mol. The van der Waals surface area contributed by atoms with Crippen molar-refractivity contribution in [3.05, 3.63) is 65.2 Å². The smallest absolute Gasteiger partial charge is 0.242 e. The highest BCUT2D eigenvalue weighted by Gasteiger charge is 2.26. The molecule has 1 N–H and O–H groups in total. The number of thioether (sulfide) groups is 1. The van der Waals surface area contributed by atoms with E-state index in [1.165, 1.54) is 11.1 Å². The van der Waals surface area contributed by atoms with Crippen molar-refractivity contribution in [2.75, 3.05) is 12.9 Å². The second-order valence-electron chi connectivity index (χ2n) is 7.69. The number of rotatable bonds is 10. The van der Waals surface area contributed by atoms with E-state index in [1.807, 2.05) is 44.2 Å². The molecule has 0 fully saturated rings. The number of aryl methyl sites for hydroxylation is 1. The third-order valence-corrected chi connectivity index (χ3v) is 5.65. The molecule has 2 rings (SSSR count). The minimum Gasteiger partial charge on any atom is -0.497 e. The van der Waals surface area contributed by atoms with Crippen LogP contribution < -0.4 is 10.1 Å². The molecule has 0 spiro atoms. The molecule has 6 heteroatoms. The SMILES string of the molecule is COc1cccc(CN(C(=O)CSCc2cccc(C)c2)C(C)C(=O)NC(C)C)c1. The molecule has 0 radical (unpaired) electrons. The Morgan fingerprint density at radius 2 is 1.77 bits per heavy atom. The second kappa shape index (κ2) is 11.6. The maximum atomic E-state index is 13.1. The Morgan fingerprint density at radius 1 is 1.07 bits per heavy atom. The molecule has 30 heavy (non-hydrogen) atoms. The summed E-state index contributed by atoms with van der Waals surface area (Å²) >= 11 is 1.57. The Bertz CT molecular complexity index is 854. The lowest BCUT2D eigenvalue weighted by Gasteiger charge is -2.29. The Morgan fingerprint density at radius 3 is 2.43 bits per heavy atom. The molecule has 5 nitrogen and oxygen atoms in total. The van der Waals surface area contributed by atoms with Crippen molar-refractivity contribution in [3.63, 3.8) is 0 Å². The largest absolute Gasteiger partial charge is 0.497 e. The molecule has 2 amide bonds. The molecule has 0 bridgehead atoms. The van der Waals surface area contributed by atoms with Crippen molar-refractivity contribution in [2.45, 2.75) is 52.1 Å². The molecule has 0 aliphatic heterocycles. The highest BCUT2D eigenvalue weighted by Crippen LogP contribution is 2.19. The van der Waals surface area contributed by atoms with Crippen LogP contribution in [0.2, 0.25) is 0 Å². The topological polar surface area (TPSA) is 58.6 Å². The van der Waals surface area contributed by atoms with Crippen molar-refractivity contribution >= 4 is 23.6 Å². The number of amides is 2. The lowest BCUT2D eigenvalue weighted by atomic mass is 10.1. The predicted octanol–water partition coefficient (Wildman–Crippen LogP) is 4.18. The van der Waals surface area contributed by atoms with Gasteiger partial charge in [0.1, 0.15) is 11.8 Å². The summed E-state index contributed by atoms with van der Waals surface area (Å²) in [5, 5.41) is 2.91. The van der Waals surface area contributed by atoms with Crippen LogP contribution in [0.4, 0.5) is 0 Å². The van der Waals surface area contributed by atoms with Gasteiger partial charge in [-0.2, -0.15) is 0 Å². The van der Waals surface area contributed by atoms with Crippen LogP contribution in [0.3, 0.4) is 0 Å². The zero-order valence-electron chi connectivity index (χ0n) is 18.5. The van der Waals surface area contributed by atoms with Gasteiger partial charge < -0.3 is 15.0 Å². The monoisotopic (exact) mass is 428 g/mol. The summed E-state index contributed by atoms with van der Waals surface area (Å²) in [6.45, 7) is 8.02. The molecule has 2 aromatic carbocycles. The van der Waals surface area contributed by atoms with Crippen LogP contribution in [0, 0.1) is 6.92 Å². The Balaban J connectivity index is 2.10. The van der Waals surface area contributed by atoms with Crippen molar-refractivity contribution in [1.82, 2.24) is 10.2 Å². The number of methoxy groups -OCH3 is 1. The average molecular weight is 429 g/mol. The third kappa shape index (κ3) is 7.41. The van der Waals surface area contributed by atoms with Crippen molar-refractivity contribution in [2.24, 2.45) is 0 Å². The van der Waals surface area contributed by atoms with Crippen LogP contribution in [-0.2, 0) is 21.9 Å². The number of carbonyl (C=O) groups is 2. The van der Waals surface area contributed by atoms with E-state index < -0.39 is 6.04 Å². The van der Waals surface area contributed by atoms with Gasteiger partial charge in [-0.05, 0) is 51.0 Å². The van der Waals surface area contributed by atoms with Crippen LogP contribution in [-0.4, -0.2) is 41.7 Å². The van der Waals surface area contributed by atoms with Gasteiger partial charge in [0.2, 0.25) is 11.8 Å². The maximum absolute atomic E-state index is 13.1. The average Bonchev–Trinajstić information content (AvgIpc) is 2.71. The van der Waals surface area contributed by atoms with E-state index in [9.17, 15) is 9.59 Å². The van der Waals surface area contributed by atoms with Crippen LogP contribution in [0.25, 0.3) is 0 Å². The zero-order chi connectivity index (χ0) is 22.1. The number of benzene rings is 2. The van der Waals surface area contributed by atoms with Crippen LogP contribution in [0.1, 0.15) is 37.5 Å². The molecule has 1 unspecified atom stereocenters. The van der Waals surface area contributed by atoms with Crippen molar-refractivity contribution in [1.29, 1.82) is 0 Å². The summed E-state index contributed by atoms with van der Waals surface area (Å²) in [6, 6.07) is 15.3. The molecule has 1 atom stereocenters. The summed E-state index contributed by atoms with van der Waals surface area (Å²) in [7, 11) is 1.61. The highest BCUT2D eigenvalue weighted by molar-refractivity contribution is 7.99. The van der Waals surface area contributed by atoms with Crippen molar-refractivity contribution < 1.29 is 14.3 Å². The maximum Gasteiger partial charge on any atom is 0.242 e. The predicted molar refractivity (Wildman–Crippen MR) is 124 cm³/mol.